The van der Waals surface area contributed by atoms with Gasteiger partial charge in [0, 0.05) is 16.1 Å². The molecule has 2 aromatic rings. The molecule has 0 aliphatic carbocycles. The zero-order chi connectivity index (χ0) is 15.4. The molecule has 0 bridgehead atoms. The highest BCUT2D eigenvalue weighted by molar-refractivity contribution is 7.99. The SMILES string of the molecule is Cc1c(N)cccc1C(=O)Nc1ccccc1SC(F)F. The summed E-state index contributed by atoms with van der Waals surface area (Å²) in [6.45, 7) is 1.74. The van der Waals surface area contributed by atoms with Gasteiger partial charge in [0.15, 0.2) is 0 Å². The van der Waals surface area contributed by atoms with Gasteiger partial charge in [0.25, 0.3) is 11.7 Å². The van der Waals surface area contributed by atoms with Gasteiger partial charge < -0.3 is 11.1 Å². The van der Waals surface area contributed by atoms with Gasteiger partial charge in [-0.1, -0.05) is 30.0 Å². The maximum absolute atomic E-state index is 12.5. The van der Waals surface area contributed by atoms with Crippen LogP contribution in [-0.4, -0.2) is 11.7 Å². The Morgan fingerprint density at radius 3 is 2.62 bits per heavy atom. The van der Waals surface area contributed by atoms with E-state index in [0.29, 0.717) is 39.2 Å². The molecule has 0 aliphatic heterocycles. The molecule has 110 valence electrons. The van der Waals surface area contributed by atoms with E-state index in [1.54, 1.807) is 49.4 Å². The highest BCUT2D eigenvalue weighted by Gasteiger charge is 2.14. The monoisotopic (exact) mass is 308 g/mol. The van der Waals surface area contributed by atoms with E-state index >= 15 is 0 Å². The molecule has 1 amide bonds. The van der Waals surface area contributed by atoms with Crippen LogP contribution in [0, 0.1) is 6.92 Å². The Morgan fingerprint density at radius 2 is 1.90 bits per heavy atom. The maximum atomic E-state index is 12.5. The summed E-state index contributed by atoms with van der Waals surface area (Å²) >= 11 is 0.397. The Hall–Kier alpha value is -2.08. The molecule has 21 heavy (non-hydrogen) atoms. The quantitative estimate of drug-likeness (QED) is 0.659. The number of nitrogens with one attached hydrogen (secondary N) is 1. The van der Waals surface area contributed by atoms with Crippen molar-refractivity contribution in [2.45, 2.75) is 17.6 Å². The van der Waals surface area contributed by atoms with E-state index in [4.69, 9.17) is 5.73 Å². The number of hydrogen-bond donors (Lipinski definition) is 2. The second kappa shape index (κ2) is 6.58. The summed E-state index contributed by atoms with van der Waals surface area (Å²) in [6, 6.07) is 11.5. The largest absolute Gasteiger partial charge is 0.398 e. The highest BCUT2D eigenvalue weighted by atomic mass is 32.2. The smallest absolute Gasteiger partial charge is 0.288 e. The minimum absolute atomic E-state index is 0.322. The molecule has 3 N–H and O–H groups in total. The highest BCUT2D eigenvalue weighted by Crippen LogP contribution is 2.32. The van der Waals surface area contributed by atoms with E-state index in [1.165, 1.54) is 0 Å². The van der Waals surface area contributed by atoms with Crippen molar-refractivity contribution < 1.29 is 13.6 Å². The van der Waals surface area contributed by atoms with Crippen LogP contribution in [0.3, 0.4) is 0 Å². The van der Waals surface area contributed by atoms with E-state index < -0.39 is 5.76 Å². The average Bonchev–Trinajstić information content (AvgIpc) is 2.43. The third-order valence-corrected chi connectivity index (χ3v) is 3.76. The number of alkyl halides is 2. The van der Waals surface area contributed by atoms with E-state index in [9.17, 15) is 13.6 Å². The van der Waals surface area contributed by atoms with Crippen LogP contribution in [0.5, 0.6) is 0 Å². The van der Waals surface area contributed by atoms with Crippen LogP contribution in [0.25, 0.3) is 0 Å². The number of halogens is 2. The van der Waals surface area contributed by atoms with Crippen molar-refractivity contribution in [3.63, 3.8) is 0 Å². The number of carbonyl (C=O) groups excluding carboxylic acids is 1. The lowest BCUT2D eigenvalue weighted by atomic mass is 10.1. The molecule has 0 saturated heterocycles. The fourth-order valence-corrected chi connectivity index (χ4v) is 2.45. The third-order valence-electron chi connectivity index (χ3n) is 2.97. The molecule has 0 heterocycles. The van der Waals surface area contributed by atoms with Crippen LogP contribution in [0.1, 0.15) is 15.9 Å². The molecule has 0 aliphatic rings. The fourth-order valence-electron chi connectivity index (χ4n) is 1.86. The topological polar surface area (TPSA) is 55.1 Å². The van der Waals surface area contributed by atoms with Crippen LogP contribution in [0.2, 0.25) is 0 Å². The molecule has 6 heteroatoms. The molecule has 0 saturated carbocycles. The van der Waals surface area contributed by atoms with E-state index in [1.807, 2.05) is 0 Å². The number of para-hydroxylation sites is 1. The zero-order valence-electron chi connectivity index (χ0n) is 11.3. The average molecular weight is 308 g/mol. The lowest BCUT2D eigenvalue weighted by Crippen LogP contribution is -2.14. The van der Waals surface area contributed by atoms with Crippen LogP contribution in [-0.2, 0) is 0 Å². The summed E-state index contributed by atoms with van der Waals surface area (Å²) in [7, 11) is 0. The number of thioether (sulfide) groups is 1. The Kier molecular flexibility index (Phi) is 4.80. The molecule has 0 unspecified atom stereocenters. The van der Waals surface area contributed by atoms with Crippen molar-refractivity contribution in [3.05, 3.63) is 53.6 Å². The molecule has 0 aromatic heterocycles. The number of amides is 1. The third kappa shape index (κ3) is 3.72. The Bertz CT molecular complexity index is 662. The standard InChI is InChI=1S/C15H14F2N2OS/c1-9-10(5-4-6-11(9)18)14(20)19-12-7-2-3-8-13(12)21-15(16)17/h2-8,15H,18H2,1H3,(H,19,20). The normalized spacial score (nSPS) is 10.7. The fraction of sp³-hybridized carbons (Fsp3) is 0.133. The van der Waals surface area contributed by atoms with Gasteiger partial charge in [0.1, 0.15) is 0 Å². The van der Waals surface area contributed by atoms with Crippen molar-refractivity contribution in [2.24, 2.45) is 0 Å². The summed E-state index contributed by atoms with van der Waals surface area (Å²) < 4.78 is 25.0. The summed E-state index contributed by atoms with van der Waals surface area (Å²) in [4.78, 5) is 12.6. The number of carbonyl (C=O) groups is 1. The van der Waals surface area contributed by atoms with Gasteiger partial charge in [-0.15, -0.1) is 0 Å². The predicted molar refractivity (Wildman–Crippen MR) is 81.8 cm³/mol. The number of nitrogens with two attached hydrogens (primary N) is 1. The lowest BCUT2D eigenvalue weighted by molar-refractivity contribution is 0.102. The summed E-state index contributed by atoms with van der Waals surface area (Å²) in [5.74, 6) is -2.92. The maximum Gasteiger partial charge on any atom is 0.288 e. The zero-order valence-corrected chi connectivity index (χ0v) is 12.1. The van der Waals surface area contributed by atoms with Crippen LogP contribution in [0.15, 0.2) is 47.4 Å². The molecular formula is C15H14F2N2OS. The number of hydrogen-bond acceptors (Lipinski definition) is 3. The Balaban J connectivity index is 2.26. The van der Waals surface area contributed by atoms with Gasteiger partial charge in [0.05, 0.1) is 5.69 Å². The van der Waals surface area contributed by atoms with Gasteiger partial charge in [-0.2, -0.15) is 8.78 Å². The Labute approximate surface area is 125 Å². The van der Waals surface area contributed by atoms with Crippen molar-refractivity contribution in [3.8, 4) is 0 Å². The van der Waals surface area contributed by atoms with Crippen molar-refractivity contribution in [1.82, 2.24) is 0 Å². The minimum atomic E-state index is -2.54. The molecule has 0 radical (unpaired) electrons. The number of rotatable bonds is 4. The molecule has 2 aromatic carbocycles. The second-order valence-electron chi connectivity index (χ2n) is 4.35. The molecule has 0 atom stereocenters. The minimum Gasteiger partial charge on any atom is -0.398 e. The van der Waals surface area contributed by atoms with Crippen LogP contribution in [0.4, 0.5) is 20.2 Å². The lowest BCUT2D eigenvalue weighted by Gasteiger charge is -2.12. The first kappa shape index (κ1) is 15.3. The number of benzene rings is 2. The van der Waals surface area contributed by atoms with E-state index in [2.05, 4.69) is 5.32 Å². The number of nitrogen functional groups attached to an aromatic ring is 1. The van der Waals surface area contributed by atoms with E-state index in [0.717, 1.165) is 0 Å². The molecular weight excluding hydrogens is 294 g/mol. The van der Waals surface area contributed by atoms with Gasteiger partial charge in [-0.05, 0) is 36.8 Å². The first-order valence-electron chi connectivity index (χ1n) is 6.19. The van der Waals surface area contributed by atoms with Crippen LogP contribution >= 0.6 is 11.8 Å². The summed E-state index contributed by atoms with van der Waals surface area (Å²) in [6.07, 6.45) is 0. The van der Waals surface area contributed by atoms with Crippen LogP contribution < -0.4 is 11.1 Å². The molecule has 0 spiro atoms. The second-order valence-corrected chi connectivity index (χ2v) is 5.38. The van der Waals surface area contributed by atoms with Gasteiger partial charge >= 0.3 is 0 Å². The summed E-state index contributed by atoms with van der Waals surface area (Å²) in [5, 5.41) is 2.65. The number of anilines is 2. The van der Waals surface area contributed by atoms with Gasteiger partial charge in [0.2, 0.25) is 0 Å². The van der Waals surface area contributed by atoms with E-state index in [-0.39, 0.29) is 5.91 Å². The first-order valence-corrected chi connectivity index (χ1v) is 7.07. The van der Waals surface area contributed by atoms with Crippen molar-refractivity contribution in [1.29, 1.82) is 0 Å². The molecule has 2 rings (SSSR count). The van der Waals surface area contributed by atoms with Gasteiger partial charge in [-0.3, -0.25) is 4.79 Å². The first-order chi connectivity index (χ1) is 9.99. The van der Waals surface area contributed by atoms with Crippen molar-refractivity contribution in [2.75, 3.05) is 11.1 Å². The summed E-state index contributed by atoms with van der Waals surface area (Å²) in [5.41, 5.74) is 7.72. The predicted octanol–water partition coefficient (Wildman–Crippen LogP) is 4.14. The molecule has 0 fully saturated rings. The Morgan fingerprint density at radius 1 is 1.19 bits per heavy atom. The van der Waals surface area contributed by atoms with Gasteiger partial charge in [-0.25, -0.2) is 0 Å². The molecule has 3 nitrogen and oxygen atoms in total. The van der Waals surface area contributed by atoms with Crippen molar-refractivity contribution >= 4 is 29.0 Å².